The highest BCUT2D eigenvalue weighted by molar-refractivity contribution is 6.04. The van der Waals surface area contributed by atoms with E-state index in [-0.39, 0.29) is 23.4 Å². The van der Waals surface area contributed by atoms with Crippen molar-refractivity contribution in [1.82, 2.24) is 19.9 Å². The number of rotatable bonds is 6. The molecule has 1 amide bonds. The van der Waals surface area contributed by atoms with Crippen LogP contribution in [0.15, 0.2) is 48.9 Å². The van der Waals surface area contributed by atoms with Crippen LogP contribution >= 0.6 is 0 Å². The summed E-state index contributed by atoms with van der Waals surface area (Å²) in [5.41, 5.74) is 0.649. The summed E-state index contributed by atoms with van der Waals surface area (Å²) < 4.78 is 41.4. The van der Waals surface area contributed by atoms with Crippen molar-refractivity contribution >= 4 is 23.9 Å². The summed E-state index contributed by atoms with van der Waals surface area (Å²) >= 11 is 0. The largest absolute Gasteiger partial charge is 0.416 e. The van der Waals surface area contributed by atoms with Gasteiger partial charge in [-0.3, -0.25) is 14.7 Å². The molecule has 0 atom stereocenters. The number of benzene rings is 1. The number of aromatic nitrogens is 3. The van der Waals surface area contributed by atoms with Gasteiger partial charge in [-0.05, 0) is 67.8 Å². The quantitative estimate of drug-likeness (QED) is 0.319. The third-order valence-electron chi connectivity index (χ3n) is 5.80. The smallest absolute Gasteiger partial charge is 0.332 e. The molecule has 3 heterocycles. The van der Waals surface area contributed by atoms with E-state index in [2.05, 4.69) is 32.1 Å². The summed E-state index contributed by atoms with van der Waals surface area (Å²) in [6.45, 7) is 1.79. The Morgan fingerprint density at radius 3 is 2.70 bits per heavy atom. The van der Waals surface area contributed by atoms with Gasteiger partial charge in [-0.2, -0.15) is 13.2 Å². The molecule has 3 aromatic rings. The van der Waals surface area contributed by atoms with Gasteiger partial charge in [0.15, 0.2) is 0 Å². The number of carbonyl (C=O) groups excluding carboxylic acids is 1. The standard InChI is InChI=1S/C27H25F3N6O/c28-27(29,30)24-14-22(9-7-20(24)18-36-11-2-1-3-12-36)35-26(37)21-13-19(15-32-16-21)6-8-23-17-33-25(34-23)5-4-10-31/h4-5,7,9-10,13-17,31H,1-3,11-12,18H2,(H,33,34)(H,35,37)/b5-4-,31-10?. The number of amides is 1. The van der Waals surface area contributed by atoms with Crippen LogP contribution in [0.2, 0.25) is 0 Å². The van der Waals surface area contributed by atoms with Gasteiger partial charge in [-0.25, -0.2) is 4.98 Å². The molecule has 10 heteroatoms. The maximum atomic E-state index is 13.8. The van der Waals surface area contributed by atoms with Gasteiger partial charge in [-0.1, -0.05) is 18.4 Å². The Labute approximate surface area is 212 Å². The van der Waals surface area contributed by atoms with Crippen molar-refractivity contribution < 1.29 is 18.0 Å². The van der Waals surface area contributed by atoms with Gasteiger partial charge in [0.2, 0.25) is 0 Å². The molecule has 1 aliphatic heterocycles. The molecule has 0 spiro atoms. The number of imidazole rings is 1. The van der Waals surface area contributed by atoms with Crippen LogP contribution in [0, 0.1) is 17.3 Å². The fraction of sp³-hybridized carbons (Fsp3) is 0.259. The zero-order valence-electron chi connectivity index (χ0n) is 19.9. The zero-order valence-corrected chi connectivity index (χ0v) is 19.9. The van der Waals surface area contributed by atoms with Gasteiger partial charge >= 0.3 is 6.18 Å². The molecule has 0 aliphatic carbocycles. The summed E-state index contributed by atoms with van der Waals surface area (Å²) in [6.07, 6.45) is 7.14. The maximum Gasteiger partial charge on any atom is 0.416 e. The van der Waals surface area contributed by atoms with Gasteiger partial charge in [0.05, 0.1) is 17.3 Å². The molecule has 1 fully saturated rings. The Morgan fingerprint density at radius 1 is 1.14 bits per heavy atom. The number of aromatic amines is 1. The predicted octanol–water partition coefficient (Wildman–Crippen LogP) is 5.12. The molecule has 3 N–H and O–H groups in total. The lowest BCUT2D eigenvalue weighted by atomic mass is 10.0. The summed E-state index contributed by atoms with van der Waals surface area (Å²) in [5, 5.41) is 9.54. The molecule has 0 radical (unpaired) electrons. The number of halogens is 3. The second-order valence-corrected chi connectivity index (χ2v) is 8.58. The second kappa shape index (κ2) is 11.7. The Morgan fingerprint density at radius 2 is 1.95 bits per heavy atom. The third-order valence-corrected chi connectivity index (χ3v) is 5.80. The third kappa shape index (κ3) is 7.15. The van der Waals surface area contributed by atoms with E-state index in [1.54, 1.807) is 6.08 Å². The molecule has 1 saturated heterocycles. The number of nitrogens with zero attached hydrogens (tertiary/aromatic N) is 3. The minimum atomic E-state index is -4.54. The number of hydrogen-bond donors (Lipinski definition) is 3. The zero-order chi connectivity index (χ0) is 26.3. The van der Waals surface area contributed by atoms with E-state index >= 15 is 0 Å². The number of hydrogen-bond acceptors (Lipinski definition) is 5. The summed E-state index contributed by atoms with van der Waals surface area (Å²) in [7, 11) is 0. The fourth-order valence-corrected chi connectivity index (χ4v) is 4.01. The molecule has 0 bridgehead atoms. The molecule has 2 aromatic heterocycles. The second-order valence-electron chi connectivity index (χ2n) is 8.58. The first-order valence-electron chi connectivity index (χ1n) is 11.7. The van der Waals surface area contributed by atoms with Crippen LogP contribution in [0.4, 0.5) is 18.9 Å². The van der Waals surface area contributed by atoms with Crippen LogP contribution in [0.1, 0.15) is 57.8 Å². The van der Waals surface area contributed by atoms with Crippen LogP contribution < -0.4 is 5.32 Å². The molecular formula is C27H25F3N6O. The van der Waals surface area contributed by atoms with Crippen LogP contribution in [-0.4, -0.2) is 45.1 Å². The van der Waals surface area contributed by atoms with Crippen molar-refractivity contribution in [3.05, 3.63) is 82.7 Å². The van der Waals surface area contributed by atoms with Crippen LogP contribution in [0.5, 0.6) is 0 Å². The number of pyridine rings is 1. The Hall–Kier alpha value is -4.23. The molecule has 0 saturated carbocycles. The SMILES string of the molecule is N=C/C=C\c1ncc(C#Cc2cncc(C(=O)Nc3ccc(CN4CCCCC4)c(C(F)(F)F)c3)c2)[nH]1. The number of anilines is 1. The average Bonchev–Trinajstić information content (AvgIpc) is 3.35. The maximum absolute atomic E-state index is 13.8. The first kappa shape index (κ1) is 25.9. The highest BCUT2D eigenvalue weighted by atomic mass is 19.4. The lowest BCUT2D eigenvalue weighted by Crippen LogP contribution is -2.30. The first-order valence-corrected chi connectivity index (χ1v) is 11.7. The lowest BCUT2D eigenvalue weighted by Gasteiger charge is -2.27. The molecule has 7 nitrogen and oxygen atoms in total. The van der Waals surface area contributed by atoms with E-state index in [4.69, 9.17) is 5.41 Å². The minimum Gasteiger partial charge on any atom is -0.332 e. The average molecular weight is 507 g/mol. The fourth-order valence-electron chi connectivity index (χ4n) is 4.01. The highest BCUT2D eigenvalue weighted by Crippen LogP contribution is 2.35. The number of likely N-dealkylation sites (tertiary alicyclic amines) is 1. The molecular weight excluding hydrogens is 481 g/mol. The Kier molecular flexibility index (Phi) is 8.15. The van der Waals surface area contributed by atoms with Gasteiger partial charge in [0.1, 0.15) is 11.5 Å². The van der Waals surface area contributed by atoms with Crippen LogP contribution in [0.25, 0.3) is 6.08 Å². The highest BCUT2D eigenvalue weighted by Gasteiger charge is 2.34. The monoisotopic (exact) mass is 506 g/mol. The molecule has 190 valence electrons. The van der Waals surface area contributed by atoms with E-state index in [9.17, 15) is 18.0 Å². The van der Waals surface area contributed by atoms with Gasteiger partial charge in [0.25, 0.3) is 5.91 Å². The van der Waals surface area contributed by atoms with Crippen molar-refractivity contribution in [2.75, 3.05) is 18.4 Å². The van der Waals surface area contributed by atoms with E-state index in [0.29, 0.717) is 17.1 Å². The Bertz CT molecular complexity index is 1360. The number of nitrogens with one attached hydrogen (secondary N) is 3. The number of alkyl halides is 3. The van der Waals surface area contributed by atoms with E-state index in [0.717, 1.165) is 44.6 Å². The summed E-state index contributed by atoms with van der Waals surface area (Å²) in [5.74, 6) is 5.71. The van der Waals surface area contributed by atoms with E-state index < -0.39 is 17.6 Å². The van der Waals surface area contributed by atoms with Crippen molar-refractivity contribution in [3.8, 4) is 11.8 Å². The van der Waals surface area contributed by atoms with Crippen molar-refractivity contribution in [1.29, 1.82) is 5.41 Å². The predicted molar refractivity (Wildman–Crippen MR) is 135 cm³/mol. The molecule has 0 unspecified atom stereocenters. The topological polar surface area (TPSA) is 97.8 Å². The van der Waals surface area contributed by atoms with Gasteiger partial charge in [-0.15, -0.1) is 0 Å². The van der Waals surface area contributed by atoms with Gasteiger partial charge < -0.3 is 15.7 Å². The van der Waals surface area contributed by atoms with Crippen LogP contribution in [-0.2, 0) is 12.7 Å². The first-order chi connectivity index (χ1) is 17.8. The summed E-state index contributed by atoms with van der Waals surface area (Å²) in [4.78, 5) is 25.9. The summed E-state index contributed by atoms with van der Waals surface area (Å²) in [6, 6.07) is 5.42. The number of piperidine rings is 1. The van der Waals surface area contributed by atoms with Crippen LogP contribution in [0.3, 0.4) is 0 Å². The minimum absolute atomic E-state index is 0.0548. The van der Waals surface area contributed by atoms with Gasteiger partial charge in [0, 0.05) is 36.4 Å². The number of H-pyrrole nitrogens is 1. The van der Waals surface area contributed by atoms with Crippen molar-refractivity contribution in [2.45, 2.75) is 32.0 Å². The number of carbonyl (C=O) groups is 1. The van der Waals surface area contributed by atoms with Crippen molar-refractivity contribution in [3.63, 3.8) is 0 Å². The molecule has 1 aromatic carbocycles. The normalized spacial score (nSPS) is 14.2. The van der Waals surface area contributed by atoms with E-state index in [1.165, 1.54) is 42.9 Å². The molecule has 4 rings (SSSR count). The Balaban J connectivity index is 1.48. The van der Waals surface area contributed by atoms with E-state index in [1.807, 2.05) is 4.90 Å². The van der Waals surface area contributed by atoms with Crippen molar-refractivity contribution in [2.24, 2.45) is 0 Å². The molecule has 37 heavy (non-hydrogen) atoms. The molecule has 1 aliphatic rings. The lowest BCUT2D eigenvalue weighted by molar-refractivity contribution is -0.138. The number of allylic oxidation sites excluding steroid dienone is 1.